The normalized spacial score (nSPS) is 10.6. The molecule has 0 aliphatic carbocycles. The molecule has 3 rings (SSSR count). The zero-order valence-electron chi connectivity index (χ0n) is 14.8. The molecule has 0 saturated heterocycles. The fourth-order valence-corrected chi connectivity index (χ4v) is 2.87. The maximum absolute atomic E-state index is 11.8. The second-order valence-corrected chi connectivity index (χ2v) is 5.74. The van der Waals surface area contributed by atoms with Gasteiger partial charge in [-0.1, -0.05) is 30.3 Å². The van der Waals surface area contributed by atoms with Gasteiger partial charge in [0.2, 0.25) is 5.82 Å². The van der Waals surface area contributed by atoms with Crippen LogP contribution in [0.2, 0.25) is 0 Å². The Bertz CT molecular complexity index is 958. The van der Waals surface area contributed by atoms with Gasteiger partial charge in [-0.05, 0) is 24.6 Å². The van der Waals surface area contributed by atoms with Crippen LogP contribution in [0.5, 0.6) is 11.5 Å². The SMILES string of the molecule is COc1cc2c(C)nc(NCc3ccccc3)c([N+](=O)[O-])c2cc1OC. The molecule has 0 saturated carbocycles. The van der Waals surface area contributed by atoms with E-state index in [4.69, 9.17) is 9.47 Å². The van der Waals surface area contributed by atoms with Gasteiger partial charge in [0.05, 0.1) is 24.5 Å². The Hall–Kier alpha value is -3.35. The highest BCUT2D eigenvalue weighted by molar-refractivity contribution is 5.98. The number of hydrogen-bond donors (Lipinski definition) is 1. The lowest BCUT2D eigenvalue weighted by molar-refractivity contribution is -0.382. The summed E-state index contributed by atoms with van der Waals surface area (Å²) in [6.45, 7) is 2.25. The molecule has 0 aliphatic heterocycles. The molecule has 1 aromatic heterocycles. The van der Waals surface area contributed by atoms with E-state index in [0.29, 0.717) is 34.5 Å². The number of pyridine rings is 1. The third kappa shape index (κ3) is 3.23. The largest absolute Gasteiger partial charge is 0.493 e. The molecule has 26 heavy (non-hydrogen) atoms. The number of nitrogens with zero attached hydrogens (tertiary/aromatic N) is 2. The van der Waals surface area contributed by atoms with Gasteiger partial charge in [-0.3, -0.25) is 10.1 Å². The first-order valence-electron chi connectivity index (χ1n) is 8.03. The topological polar surface area (TPSA) is 86.5 Å². The minimum absolute atomic E-state index is 0.0810. The van der Waals surface area contributed by atoms with Crippen molar-refractivity contribution in [3.63, 3.8) is 0 Å². The molecule has 1 N–H and O–H groups in total. The zero-order valence-corrected chi connectivity index (χ0v) is 14.8. The Balaban J connectivity index is 2.14. The Kier molecular flexibility index (Phi) is 4.88. The Labute approximate surface area is 150 Å². The van der Waals surface area contributed by atoms with Crippen LogP contribution in [0.1, 0.15) is 11.3 Å². The van der Waals surface area contributed by atoms with Crippen LogP contribution in [0.15, 0.2) is 42.5 Å². The van der Waals surface area contributed by atoms with Crippen molar-refractivity contribution in [2.45, 2.75) is 13.5 Å². The van der Waals surface area contributed by atoms with Crippen LogP contribution >= 0.6 is 0 Å². The van der Waals surface area contributed by atoms with Crippen LogP contribution in [0.4, 0.5) is 11.5 Å². The van der Waals surface area contributed by atoms with Gasteiger partial charge in [-0.2, -0.15) is 0 Å². The molecule has 0 fully saturated rings. The lowest BCUT2D eigenvalue weighted by Gasteiger charge is -2.13. The summed E-state index contributed by atoms with van der Waals surface area (Å²) in [6, 6.07) is 13.0. The smallest absolute Gasteiger partial charge is 0.319 e. The average Bonchev–Trinajstić information content (AvgIpc) is 2.65. The van der Waals surface area contributed by atoms with E-state index in [1.54, 1.807) is 12.1 Å². The van der Waals surface area contributed by atoms with Crippen LogP contribution in [-0.4, -0.2) is 24.1 Å². The first kappa shape index (κ1) is 17.5. The fraction of sp³-hybridized carbons (Fsp3) is 0.211. The summed E-state index contributed by atoms with van der Waals surface area (Å²) in [5.74, 6) is 1.17. The molecule has 2 aromatic carbocycles. The summed E-state index contributed by atoms with van der Waals surface area (Å²) in [5.41, 5.74) is 1.60. The molecule has 3 aromatic rings. The number of aryl methyl sites for hydroxylation is 1. The van der Waals surface area contributed by atoms with E-state index in [2.05, 4.69) is 10.3 Å². The van der Waals surface area contributed by atoms with Gasteiger partial charge in [-0.15, -0.1) is 0 Å². The number of fused-ring (bicyclic) bond motifs is 1. The monoisotopic (exact) mass is 353 g/mol. The first-order valence-corrected chi connectivity index (χ1v) is 8.03. The molecule has 0 atom stereocenters. The third-order valence-corrected chi connectivity index (χ3v) is 4.16. The van der Waals surface area contributed by atoms with E-state index in [0.717, 1.165) is 5.56 Å². The summed E-state index contributed by atoms with van der Waals surface area (Å²) in [5, 5.41) is 16.0. The summed E-state index contributed by atoms with van der Waals surface area (Å²) in [6.07, 6.45) is 0. The fourth-order valence-electron chi connectivity index (χ4n) is 2.87. The maximum Gasteiger partial charge on any atom is 0.319 e. The molecule has 7 nitrogen and oxygen atoms in total. The molecule has 7 heteroatoms. The van der Waals surface area contributed by atoms with E-state index >= 15 is 0 Å². The molecule has 0 bridgehead atoms. The standard InChI is InChI=1S/C19H19N3O4/c1-12-14-9-16(25-2)17(26-3)10-15(14)18(22(23)24)19(21-12)20-11-13-7-5-4-6-8-13/h4-10H,11H2,1-3H3,(H,20,21). The molecular formula is C19H19N3O4. The number of hydrogen-bond acceptors (Lipinski definition) is 6. The predicted molar refractivity (Wildman–Crippen MR) is 100 cm³/mol. The van der Waals surface area contributed by atoms with Gasteiger partial charge >= 0.3 is 5.69 Å². The number of ether oxygens (including phenoxy) is 2. The van der Waals surface area contributed by atoms with Crippen molar-refractivity contribution in [2.24, 2.45) is 0 Å². The van der Waals surface area contributed by atoms with Gasteiger partial charge in [0.25, 0.3) is 0 Å². The van der Waals surface area contributed by atoms with E-state index in [1.807, 2.05) is 37.3 Å². The van der Waals surface area contributed by atoms with E-state index in [-0.39, 0.29) is 11.5 Å². The Morgan fingerprint density at radius 1 is 1.08 bits per heavy atom. The third-order valence-electron chi connectivity index (χ3n) is 4.16. The van der Waals surface area contributed by atoms with Crippen LogP contribution < -0.4 is 14.8 Å². The van der Waals surface area contributed by atoms with Crippen LogP contribution in [-0.2, 0) is 6.54 Å². The van der Waals surface area contributed by atoms with E-state index in [9.17, 15) is 10.1 Å². The highest BCUT2D eigenvalue weighted by Crippen LogP contribution is 2.40. The van der Waals surface area contributed by atoms with Crippen molar-refractivity contribution in [3.05, 3.63) is 63.8 Å². The number of nitro groups is 1. The van der Waals surface area contributed by atoms with Crippen LogP contribution in [0.25, 0.3) is 10.8 Å². The number of rotatable bonds is 6. The number of methoxy groups -OCH3 is 2. The highest BCUT2D eigenvalue weighted by atomic mass is 16.6. The quantitative estimate of drug-likeness (QED) is 0.531. The van der Waals surface area contributed by atoms with Crippen LogP contribution in [0.3, 0.4) is 0 Å². The zero-order chi connectivity index (χ0) is 18.7. The lowest BCUT2D eigenvalue weighted by Crippen LogP contribution is -2.07. The second kappa shape index (κ2) is 7.26. The minimum atomic E-state index is -0.423. The predicted octanol–water partition coefficient (Wildman–Crippen LogP) is 4.08. The van der Waals surface area contributed by atoms with Crippen LogP contribution in [0, 0.1) is 17.0 Å². The van der Waals surface area contributed by atoms with Gasteiger partial charge in [0.1, 0.15) is 0 Å². The van der Waals surface area contributed by atoms with Gasteiger partial charge in [0.15, 0.2) is 11.5 Å². The highest BCUT2D eigenvalue weighted by Gasteiger charge is 2.24. The minimum Gasteiger partial charge on any atom is -0.493 e. The number of aromatic nitrogens is 1. The first-order chi connectivity index (χ1) is 12.5. The van der Waals surface area contributed by atoms with Gasteiger partial charge in [0, 0.05) is 17.6 Å². The Morgan fingerprint density at radius 3 is 2.27 bits per heavy atom. The van der Waals surface area contributed by atoms with Crippen molar-refractivity contribution in [1.82, 2.24) is 4.98 Å². The number of nitrogens with one attached hydrogen (secondary N) is 1. The van der Waals surface area contributed by atoms with Crippen molar-refractivity contribution >= 4 is 22.3 Å². The molecule has 0 radical (unpaired) electrons. The summed E-state index contributed by atoms with van der Waals surface area (Å²) in [4.78, 5) is 15.8. The van der Waals surface area contributed by atoms with E-state index in [1.165, 1.54) is 14.2 Å². The van der Waals surface area contributed by atoms with E-state index < -0.39 is 4.92 Å². The molecule has 1 heterocycles. The molecule has 0 unspecified atom stereocenters. The molecule has 134 valence electrons. The van der Waals surface area contributed by atoms with Crippen molar-refractivity contribution in [2.75, 3.05) is 19.5 Å². The number of benzene rings is 2. The molecule has 0 spiro atoms. The van der Waals surface area contributed by atoms with Crippen molar-refractivity contribution < 1.29 is 14.4 Å². The average molecular weight is 353 g/mol. The van der Waals surface area contributed by atoms with Crippen molar-refractivity contribution in [3.8, 4) is 11.5 Å². The Morgan fingerprint density at radius 2 is 1.69 bits per heavy atom. The summed E-state index contributed by atoms with van der Waals surface area (Å²) < 4.78 is 10.6. The second-order valence-electron chi connectivity index (χ2n) is 5.74. The molecular weight excluding hydrogens is 334 g/mol. The molecule has 0 aliphatic rings. The summed E-state index contributed by atoms with van der Waals surface area (Å²) >= 11 is 0. The van der Waals surface area contributed by atoms with Gasteiger partial charge in [-0.25, -0.2) is 4.98 Å². The maximum atomic E-state index is 11.8. The number of anilines is 1. The molecule has 0 amide bonds. The lowest BCUT2D eigenvalue weighted by atomic mass is 10.1. The summed E-state index contributed by atoms with van der Waals surface area (Å²) in [7, 11) is 3.02. The van der Waals surface area contributed by atoms with Gasteiger partial charge < -0.3 is 14.8 Å². The van der Waals surface area contributed by atoms with Crippen molar-refractivity contribution in [1.29, 1.82) is 0 Å².